The monoisotopic (exact) mass is 253 g/mol. The summed E-state index contributed by atoms with van der Waals surface area (Å²) in [7, 11) is 0. The number of allylic oxidation sites excluding steroid dienone is 1. The van der Waals surface area contributed by atoms with Crippen LogP contribution in [0.4, 0.5) is 11.6 Å². The molecular weight excluding hydrogens is 234 g/mol. The molecule has 2 rings (SSSR count). The van der Waals surface area contributed by atoms with Gasteiger partial charge in [0.25, 0.3) is 0 Å². The highest BCUT2D eigenvalue weighted by atomic mass is 15.2. The summed E-state index contributed by atoms with van der Waals surface area (Å²) in [6, 6.07) is 10.2. The molecule has 3 heteroatoms. The second kappa shape index (κ2) is 6.14. The first kappa shape index (κ1) is 13.3. The predicted octanol–water partition coefficient (Wildman–Crippen LogP) is 3.89. The van der Waals surface area contributed by atoms with Gasteiger partial charge in [-0.2, -0.15) is 0 Å². The molecule has 0 unspecified atom stereocenters. The Morgan fingerprint density at radius 1 is 1.11 bits per heavy atom. The number of rotatable bonds is 4. The first-order valence-electron chi connectivity index (χ1n) is 6.41. The molecule has 98 valence electrons. The lowest BCUT2D eigenvalue weighted by atomic mass is 10.2. The van der Waals surface area contributed by atoms with Crippen molar-refractivity contribution < 1.29 is 0 Å². The molecule has 0 N–H and O–H groups in total. The van der Waals surface area contributed by atoms with Crippen LogP contribution in [0.25, 0.3) is 0 Å². The van der Waals surface area contributed by atoms with Gasteiger partial charge in [0.15, 0.2) is 0 Å². The summed E-state index contributed by atoms with van der Waals surface area (Å²) in [6.45, 7) is 7.05. The lowest BCUT2D eigenvalue weighted by Gasteiger charge is -2.21. The fourth-order valence-electron chi connectivity index (χ4n) is 1.73. The van der Waals surface area contributed by atoms with Crippen molar-refractivity contribution in [2.75, 3.05) is 11.4 Å². The molecule has 3 nitrogen and oxygen atoms in total. The minimum atomic E-state index is 0.726. The number of aryl methyl sites for hydroxylation is 1. The van der Waals surface area contributed by atoms with Gasteiger partial charge in [0, 0.05) is 24.6 Å². The van der Waals surface area contributed by atoms with Crippen LogP contribution in [0.5, 0.6) is 0 Å². The van der Waals surface area contributed by atoms with Crippen LogP contribution in [0.2, 0.25) is 0 Å². The molecule has 0 atom stereocenters. The minimum Gasteiger partial charge on any atom is -0.307 e. The van der Waals surface area contributed by atoms with E-state index in [1.165, 1.54) is 11.1 Å². The van der Waals surface area contributed by atoms with Crippen molar-refractivity contribution >= 4 is 11.6 Å². The van der Waals surface area contributed by atoms with Crippen LogP contribution in [0.3, 0.4) is 0 Å². The zero-order valence-corrected chi connectivity index (χ0v) is 11.7. The second-order valence-corrected chi connectivity index (χ2v) is 4.78. The summed E-state index contributed by atoms with van der Waals surface area (Å²) >= 11 is 0. The molecule has 0 bridgehead atoms. The maximum Gasteiger partial charge on any atom is 0.230 e. The first-order chi connectivity index (χ1) is 9.16. The van der Waals surface area contributed by atoms with Gasteiger partial charge < -0.3 is 4.90 Å². The molecule has 0 aliphatic rings. The average molecular weight is 253 g/mol. The SMILES string of the molecule is CC(C)=CCN(c1ccc(C)cc1)c1ncccn1. The molecule has 0 radical (unpaired) electrons. The molecule has 0 spiro atoms. The number of nitrogens with zero attached hydrogens (tertiary/aromatic N) is 3. The molecule has 0 saturated heterocycles. The maximum atomic E-state index is 4.34. The largest absolute Gasteiger partial charge is 0.307 e. The Kier molecular flexibility index (Phi) is 4.29. The van der Waals surface area contributed by atoms with Crippen molar-refractivity contribution in [1.29, 1.82) is 0 Å². The van der Waals surface area contributed by atoms with Gasteiger partial charge >= 0.3 is 0 Å². The highest BCUT2D eigenvalue weighted by Crippen LogP contribution is 2.21. The van der Waals surface area contributed by atoms with Gasteiger partial charge in [0.1, 0.15) is 0 Å². The third kappa shape index (κ3) is 3.65. The summed E-state index contributed by atoms with van der Waals surface area (Å²) in [6.07, 6.45) is 5.72. The minimum absolute atomic E-state index is 0.726. The molecule has 2 aromatic rings. The lowest BCUT2D eigenvalue weighted by Crippen LogP contribution is -2.19. The van der Waals surface area contributed by atoms with E-state index >= 15 is 0 Å². The molecule has 19 heavy (non-hydrogen) atoms. The Hall–Kier alpha value is -2.16. The molecule has 1 aromatic heterocycles. The van der Waals surface area contributed by atoms with Crippen LogP contribution >= 0.6 is 0 Å². The highest BCUT2D eigenvalue weighted by Gasteiger charge is 2.09. The number of benzene rings is 1. The molecule has 0 amide bonds. The van der Waals surface area contributed by atoms with E-state index in [-0.39, 0.29) is 0 Å². The summed E-state index contributed by atoms with van der Waals surface area (Å²) in [5, 5.41) is 0. The van der Waals surface area contributed by atoms with Gasteiger partial charge in [-0.1, -0.05) is 29.3 Å². The van der Waals surface area contributed by atoms with E-state index in [0.717, 1.165) is 18.2 Å². The Balaban J connectivity index is 2.34. The molecule has 1 heterocycles. The summed E-state index contributed by atoms with van der Waals surface area (Å²) < 4.78 is 0. The van der Waals surface area contributed by atoms with Gasteiger partial charge in [-0.15, -0.1) is 0 Å². The van der Waals surface area contributed by atoms with Crippen LogP contribution in [-0.2, 0) is 0 Å². The molecule has 1 aromatic carbocycles. The maximum absolute atomic E-state index is 4.34. The average Bonchev–Trinajstić information content (AvgIpc) is 2.42. The first-order valence-corrected chi connectivity index (χ1v) is 6.41. The van der Waals surface area contributed by atoms with Crippen LogP contribution in [0.1, 0.15) is 19.4 Å². The topological polar surface area (TPSA) is 29.0 Å². The van der Waals surface area contributed by atoms with E-state index in [9.17, 15) is 0 Å². The fourth-order valence-corrected chi connectivity index (χ4v) is 1.73. The Morgan fingerprint density at radius 2 is 1.74 bits per heavy atom. The van der Waals surface area contributed by atoms with Gasteiger partial charge in [-0.05, 0) is 39.0 Å². The quantitative estimate of drug-likeness (QED) is 0.774. The van der Waals surface area contributed by atoms with Crippen molar-refractivity contribution in [2.45, 2.75) is 20.8 Å². The van der Waals surface area contributed by atoms with Crippen molar-refractivity contribution in [3.8, 4) is 0 Å². The number of aromatic nitrogens is 2. The van der Waals surface area contributed by atoms with Gasteiger partial charge in [-0.25, -0.2) is 9.97 Å². The van der Waals surface area contributed by atoms with E-state index in [0.29, 0.717) is 0 Å². The normalized spacial score (nSPS) is 10.1. The summed E-state index contributed by atoms with van der Waals surface area (Å²) in [5.74, 6) is 0.726. The zero-order chi connectivity index (χ0) is 13.7. The molecule has 0 saturated carbocycles. The smallest absolute Gasteiger partial charge is 0.230 e. The molecule has 0 aliphatic heterocycles. The van der Waals surface area contributed by atoms with Crippen molar-refractivity contribution in [2.24, 2.45) is 0 Å². The van der Waals surface area contributed by atoms with Gasteiger partial charge in [0.05, 0.1) is 0 Å². The third-order valence-electron chi connectivity index (χ3n) is 2.82. The highest BCUT2D eigenvalue weighted by molar-refractivity contribution is 5.58. The van der Waals surface area contributed by atoms with Crippen LogP contribution < -0.4 is 4.90 Å². The lowest BCUT2D eigenvalue weighted by molar-refractivity contribution is 0.981. The van der Waals surface area contributed by atoms with Crippen molar-refractivity contribution in [3.63, 3.8) is 0 Å². The van der Waals surface area contributed by atoms with E-state index in [2.05, 4.69) is 66.0 Å². The van der Waals surface area contributed by atoms with Crippen molar-refractivity contribution in [3.05, 3.63) is 59.9 Å². The van der Waals surface area contributed by atoms with Crippen LogP contribution in [0.15, 0.2) is 54.4 Å². The van der Waals surface area contributed by atoms with E-state index in [1.54, 1.807) is 12.4 Å². The number of hydrogen-bond acceptors (Lipinski definition) is 3. The van der Waals surface area contributed by atoms with E-state index < -0.39 is 0 Å². The molecular formula is C16H19N3. The number of hydrogen-bond donors (Lipinski definition) is 0. The van der Waals surface area contributed by atoms with Gasteiger partial charge in [0.2, 0.25) is 5.95 Å². The molecule has 0 aliphatic carbocycles. The second-order valence-electron chi connectivity index (χ2n) is 4.78. The predicted molar refractivity (Wildman–Crippen MR) is 79.6 cm³/mol. The van der Waals surface area contributed by atoms with E-state index in [1.807, 2.05) is 6.07 Å². The summed E-state index contributed by atoms with van der Waals surface area (Å²) in [4.78, 5) is 10.8. The van der Waals surface area contributed by atoms with Crippen LogP contribution in [0, 0.1) is 6.92 Å². The summed E-state index contributed by atoms with van der Waals surface area (Å²) in [5.41, 5.74) is 3.64. The zero-order valence-electron chi connectivity index (χ0n) is 11.7. The van der Waals surface area contributed by atoms with E-state index in [4.69, 9.17) is 0 Å². The Morgan fingerprint density at radius 3 is 2.32 bits per heavy atom. The molecule has 0 fully saturated rings. The number of anilines is 2. The fraction of sp³-hybridized carbons (Fsp3) is 0.250. The van der Waals surface area contributed by atoms with Crippen LogP contribution in [-0.4, -0.2) is 16.5 Å². The third-order valence-corrected chi connectivity index (χ3v) is 2.82. The Labute approximate surface area is 114 Å². The standard InChI is InChI=1S/C16H19N3/c1-13(2)9-12-19(16-17-10-4-11-18-16)15-7-5-14(3)6-8-15/h4-11H,12H2,1-3H3. The Bertz CT molecular complexity index is 540. The van der Waals surface area contributed by atoms with Gasteiger partial charge in [-0.3, -0.25) is 0 Å². The van der Waals surface area contributed by atoms with Crippen molar-refractivity contribution in [1.82, 2.24) is 9.97 Å².